The summed E-state index contributed by atoms with van der Waals surface area (Å²) in [5, 5.41) is 0.245. The molecule has 0 amide bonds. The normalized spacial score (nSPS) is 11.3. The lowest BCUT2D eigenvalue weighted by molar-refractivity contribution is -0.138. The monoisotopic (exact) mass is 604 g/mol. The highest BCUT2D eigenvalue weighted by molar-refractivity contribution is 6.29. The highest BCUT2D eigenvalue weighted by atomic mass is 35.5. The summed E-state index contributed by atoms with van der Waals surface area (Å²) in [6, 6.07) is 19.5. The van der Waals surface area contributed by atoms with Crippen LogP contribution in [0.4, 0.5) is 26.3 Å². The molecule has 0 atom stereocenters. The Hall–Kier alpha value is -4.71. The fourth-order valence-electron chi connectivity index (χ4n) is 3.49. The molecule has 0 radical (unpaired) electrons. The molecule has 0 saturated carbocycles. The second-order valence-corrected chi connectivity index (χ2v) is 8.79. The van der Waals surface area contributed by atoms with E-state index in [2.05, 4.69) is 19.9 Å². The number of halogens is 7. The first-order chi connectivity index (χ1) is 19.9. The lowest BCUT2D eigenvalue weighted by Crippen LogP contribution is -2.04. The van der Waals surface area contributed by atoms with Gasteiger partial charge >= 0.3 is 12.4 Å². The van der Waals surface area contributed by atoms with E-state index in [1.807, 2.05) is 0 Å². The number of rotatable bonds is 5. The fourth-order valence-corrected chi connectivity index (χ4v) is 3.64. The van der Waals surface area contributed by atoms with Gasteiger partial charge in [0.2, 0.25) is 5.88 Å². The molecule has 0 bridgehead atoms. The maximum absolute atomic E-state index is 12.6. The number of aromatic nitrogens is 4. The highest BCUT2D eigenvalue weighted by Gasteiger charge is 2.30. The predicted octanol–water partition coefficient (Wildman–Crippen LogP) is 8.78. The van der Waals surface area contributed by atoms with Crippen LogP contribution >= 0.6 is 11.6 Å². The minimum atomic E-state index is -4.37. The molecule has 6 nitrogen and oxygen atoms in total. The quantitative estimate of drug-likeness (QED) is 0.148. The molecule has 0 aliphatic heterocycles. The van der Waals surface area contributed by atoms with Crippen LogP contribution in [0, 0.1) is 0 Å². The topological polar surface area (TPSA) is 70.0 Å². The van der Waals surface area contributed by atoms with Gasteiger partial charge in [-0.3, -0.25) is 0 Å². The van der Waals surface area contributed by atoms with Crippen molar-refractivity contribution < 1.29 is 35.8 Å². The van der Waals surface area contributed by atoms with E-state index >= 15 is 0 Å². The maximum Gasteiger partial charge on any atom is 0.416 e. The van der Waals surface area contributed by atoms with Crippen molar-refractivity contribution in [3.63, 3.8) is 0 Å². The molecule has 5 rings (SSSR count). The Morgan fingerprint density at radius 3 is 1.60 bits per heavy atom. The molecular formula is C29H19ClF6N4O2. The molecule has 42 heavy (non-hydrogen) atoms. The van der Waals surface area contributed by atoms with Gasteiger partial charge in [0, 0.05) is 29.3 Å². The number of methoxy groups -OCH3 is 1. The van der Waals surface area contributed by atoms with Gasteiger partial charge < -0.3 is 9.47 Å². The molecule has 216 valence electrons. The second-order valence-electron chi connectivity index (χ2n) is 8.40. The Kier molecular flexibility index (Phi) is 9.26. The summed E-state index contributed by atoms with van der Waals surface area (Å²) in [5.74, 6) is 1.43. The molecule has 0 N–H and O–H groups in total. The minimum Gasteiger partial charge on any atom is -0.497 e. The lowest BCUT2D eigenvalue weighted by atomic mass is 10.1. The van der Waals surface area contributed by atoms with Crippen LogP contribution in [0.2, 0.25) is 5.15 Å². The third-order valence-corrected chi connectivity index (χ3v) is 5.76. The third kappa shape index (κ3) is 8.16. The van der Waals surface area contributed by atoms with Crippen LogP contribution in [-0.4, -0.2) is 27.0 Å². The summed E-state index contributed by atoms with van der Waals surface area (Å²) >= 11 is 5.67. The molecule has 0 unspecified atom stereocenters. The van der Waals surface area contributed by atoms with Gasteiger partial charge in [-0.15, -0.1) is 0 Å². The zero-order chi connectivity index (χ0) is 30.3. The zero-order valence-corrected chi connectivity index (χ0v) is 22.2. The van der Waals surface area contributed by atoms with E-state index in [-0.39, 0.29) is 11.0 Å². The van der Waals surface area contributed by atoms with Crippen LogP contribution in [0.3, 0.4) is 0 Å². The molecule has 0 aliphatic carbocycles. The average molecular weight is 605 g/mol. The molecule has 0 saturated heterocycles. The Bertz CT molecular complexity index is 1630. The second kappa shape index (κ2) is 12.9. The van der Waals surface area contributed by atoms with E-state index in [0.29, 0.717) is 34.0 Å². The van der Waals surface area contributed by atoms with Crippen LogP contribution in [0.25, 0.3) is 22.5 Å². The van der Waals surface area contributed by atoms with Crippen LogP contribution in [0.5, 0.6) is 17.4 Å². The summed E-state index contributed by atoms with van der Waals surface area (Å²) in [7, 11) is 1.55. The van der Waals surface area contributed by atoms with Crippen molar-refractivity contribution in [2.24, 2.45) is 0 Å². The van der Waals surface area contributed by atoms with Gasteiger partial charge in [-0.05, 0) is 36.4 Å². The molecule has 5 aromatic rings. The summed E-state index contributed by atoms with van der Waals surface area (Å²) < 4.78 is 85.7. The number of alkyl halides is 6. The van der Waals surface area contributed by atoms with Crippen molar-refractivity contribution >= 4 is 11.6 Å². The Balaban J connectivity index is 0.000000208. The number of benzene rings is 3. The zero-order valence-electron chi connectivity index (χ0n) is 21.5. The van der Waals surface area contributed by atoms with Crippen molar-refractivity contribution in [1.29, 1.82) is 0 Å². The van der Waals surface area contributed by atoms with Gasteiger partial charge in [-0.1, -0.05) is 41.9 Å². The van der Waals surface area contributed by atoms with E-state index in [4.69, 9.17) is 21.1 Å². The molecule has 0 spiro atoms. The van der Waals surface area contributed by atoms with Crippen LogP contribution in [0.1, 0.15) is 11.1 Å². The number of hydrogen-bond donors (Lipinski definition) is 0. The van der Waals surface area contributed by atoms with Crippen LogP contribution < -0.4 is 9.47 Å². The summed E-state index contributed by atoms with van der Waals surface area (Å²) in [4.78, 5) is 15.7. The predicted molar refractivity (Wildman–Crippen MR) is 143 cm³/mol. The van der Waals surface area contributed by atoms with E-state index in [1.54, 1.807) is 37.4 Å². The number of hydrogen-bond acceptors (Lipinski definition) is 6. The third-order valence-electron chi connectivity index (χ3n) is 5.56. The minimum absolute atomic E-state index is 0.245. The molecule has 0 fully saturated rings. The van der Waals surface area contributed by atoms with Crippen LogP contribution in [-0.2, 0) is 12.4 Å². The Labute approximate surface area is 240 Å². The number of nitrogens with zero attached hydrogens (tertiary/aromatic N) is 4. The molecule has 2 heterocycles. The van der Waals surface area contributed by atoms with Gasteiger partial charge in [-0.25, -0.2) is 19.9 Å². The van der Waals surface area contributed by atoms with Crippen molar-refractivity contribution in [3.8, 4) is 39.9 Å². The van der Waals surface area contributed by atoms with E-state index in [9.17, 15) is 26.3 Å². The van der Waals surface area contributed by atoms with Gasteiger partial charge in [0.15, 0.2) is 0 Å². The summed E-state index contributed by atoms with van der Waals surface area (Å²) in [6.45, 7) is 0. The first-order valence-electron chi connectivity index (χ1n) is 11.9. The van der Waals surface area contributed by atoms with Gasteiger partial charge in [-0.2, -0.15) is 26.3 Å². The standard InChI is InChI=1S/C18H13F3N2O2.C11H6ClF3N2/c1-24-14-3-2-4-15(9-14)25-17-10-16(22-11-23-17)12-5-7-13(8-6-12)18(19,20)21;12-10-5-9(16-6-17-10)7-1-3-8(4-2-7)11(13,14)15/h2-11H,1H3;1-6H. The van der Waals surface area contributed by atoms with Crippen molar-refractivity contribution in [1.82, 2.24) is 19.9 Å². The van der Waals surface area contributed by atoms with Crippen molar-refractivity contribution in [2.75, 3.05) is 7.11 Å². The Morgan fingerprint density at radius 2 is 1.10 bits per heavy atom. The van der Waals surface area contributed by atoms with Gasteiger partial charge in [0.25, 0.3) is 0 Å². The van der Waals surface area contributed by atoms with Crippen molar-refractivity contribution in [2.45, 2.75) is 12.4 Å². The molecule has 3 aromatic carbocycles. The molecule has 2 aromatic heterocycles. The van der Waals surface area contributed by atoms with Crippen molar-refractivity contribution in [3.05, 3.63) is 114 Å². The largest absolute Gasteiger partial charge is 0.497 e. The fraction of sp³-hybridized carbons (Fsp3) is 0.103. The van der Waals surface area contributed by atoms with Gasteiger partial charge in [0.1, 0.15) is 29.3 Å². The van der Waals surface area contributed by atoms with E-state index in [0.717, 1.165) is 24.3 Å². The molecule has 0 aliphatic rings. The maximum atomic E-state index is 12.6. The van der Waals surface area contributed by atoms with E-state index < -0.39 is 23.5 Å². The summed E-state index contributed by atoms with van der Waals surface area (Å²) in [6.07, 6.45) is -6.15. The van der Waals surface area contributed by atoms with Gasteiger partial charge in [0.05, 0.1) is 29.6 Å². The lowest BCUT2D eigenvalue weighted by Gasteiger charge is -2.09. The average Bonchev–Trinajstić information content (AvgIpc) is 2.97. The molecule has 13 heteroatoms. The van der Waals surface area contributed by atoms with Crippen LogP contribution in [0.15, 0.2) is 97.6 Å². The molecular weight excluding hydrogens is 586 g/mol. The SMILES string of the molecule is COc1cccc(Oc2cc(-c3ccc(C(F)(F)F)cc3)ncn2)c1.FC(F)(F)c1ccc(-c2cc(Cl)ncn2)cc1. The highest BCUT2D eigenvalue weighted by Crippen LogP contribution is 2.32. The smallest absolute Gasteiger partial charge is 0.416 e. The first kappa shape index (κ1) is 30.3. The Morgan fingerprint density at radius 1 is 0.595 bits per heavy atom. The number of ether oxygens (including phenoxy) is 2. The summed E-state index contributed by atoms with van der Waals surface area (Å²) in [5.41, 5.74) is 0.633. The van der Waals surface area contributed by atoms with E-state index in [1.165, 1.54) is 43.0 Å². The first-order valence-corrected chi connectivity index (χ1v) is 12.3.